The number of nitrogens with two attached hydrogens (primary N) is 2. The summed E-state index contributed by atoms with van der Waals surface area (Å²) < 4.78 is 0. The Morgan fingerprint density at radius 2 is 2.00 bits per heavy atom. The molecule has 0 aliphatic heterocycles. The van der Waals surface area contributed by atoms with Crippen molar-refractivity contribution in [3.8, 4) is 0 Å². The van der Waals surface area contributed by atoms with E-state index in [-0.39, 0.29) is 6.04 Å². The summed E-state index contributed by atoms with van der Waals surface area (Å²) in [7, 11) is 0. The van der Waals surface area contributed by atoms with Crippen LogP contribution in [0.4, 0.5) is 0 Å². The van der Waals surface area contributed by atoms with E-state index in [9.17, 15) is 0 Å². The van der Waals surface area contributed by atoms with Crippen LogP contribution in [0.1, 0.15) is 24.4 Å². The first-order chi connectivity index (χ1) is 6.66. The topological polar surface area (TPSA) is 52.0 Å². The Morgan fingerprint density at radius 3 is 2.64 bits per heavy atom. The molecule has 0 aromatic heterocycles. The third kappa shape index (κ3) is 2.85. The van der Waals surface area contributed by atoms with E-state index in [0.29, 0.717) is 16.6 Å². The zero-order valence-electron chi connectivity index (χ0n) is 7.84. The predicted octanol–water partition coefficient (Wildman–Crippen LogP) is 2.73. The minimum absolute atomic E-state index is 0.0789. The maximum Gasteiger partial charge on any atom is 0.0639 e. The second kappa shape index (κ2) is 5.56. The molecule has 0 bridgehead atoms. The normalized spacial score (nSPS) is 12.9. The molecule has 0 fully saturated rings. The molecule has 14 heavy (non-hydrogen) atoms. The van der Waals surface area contributed by atoms with Crippen molar-refractivity contribution in [3.05, 3.63) is 33.8 Å². The summed E-state index contributed by atoms with van der Waals surface area (Å²) in [6.45, 7) is 0.645. The molecule has 0 saturated carbocycles. The van der Waals surface area contributed by atoms with Crippen molar-refractivity contribution in [2.75, 3.05) is 6.54 Å². The van der Waals surface area contributed by atoms with E-state index in [1.54, 1.807) is 6.07 Å². The minimum Gasteiger partial charge on any atom is -0.330 e. The molecule has 78 valence electrons. The summed E-state index contributed by atoms with van der Waals surface area (Å²) in [5.41, 5.74) is 12.3. The smallest absolute Gasteiger partial charge is 0.0639 e. The molecule has 1 aromatic carbocycles. The highest BCUT2D eigenvalue weighted by Gasteiger charge is 2.11. The van der Waals surface area contributed by atoms with E-state index >= 15 is 0 Å². The lowest BCUT2D eigenvalue weighted by Gasteiger charge is -2.13. The number of rotatable bonds is 4. The van der Waals surface area contributed by atoms with Crippen LogP contribution in [0.2, 0.25) is 10.0 Å². The summed E-state index contributed by atoms with van der Waals surface area (Å²) >= 11 is 11.9. The van der Waals surface area contributed by atoms with Gasteiger partial charge in [-0.25, -0.2) is 0 Å². The van der Waals surface area contributed by atoms with Gasteiger partial charge in [0.25, 0.3) is 0 Å². The molecule has 4 heteroatoms. The Kier molecular flexibility index (Phi) is 4.69. The molecule has 0 amide bonds. The summed E-state index contributed by atoms with van der Waals surface area (Å²) in [6.07, 6.45) is 1.72. The Labute approximate surface area is 94.2 Å². The van der Waals surface area contributed by atoms with E-state index in [0.717, 1.165) is 18.4 Å². The molecule has 0 heterocycles. The van der Waals surface area contributed by atoms with E-state index in [1.165, 1.54) is 0 Å². The van der Waals surface area contributed by atoms with Gasteiger partial charge in [-0.3, -0.25) is 0 Å². The van der Waals surface area contributed by atoms with Crippen LogP contribution >= 0.6 is 23.2 Å². The Bertz CT molecular complexity index is 302. The first-order valence-corrected chi connectivity index (χ1v) is 5.32. The predicted molar refractivity (Wildman–Crippen MR) is 61.7 cm³/mol. The lowest BCUT2D eigenvalue weighted by Crippen LogP contribution is -2.13. The van der Waals surface area contributed by atoms with E-state index in [1.807, 2.05) is 12.1 Å². The Hall–Kier alpha value is -0.280. The summed E-state index contributed by atoms with van der Waals surface area (Å²) in [6, 6.07) is 5.43. The molecule has 0 saturated heterocycles. The number of hydrogen-bond donors (Lipinski definition) is 2. The van der Waals surface area contributed by atoms with Crippen molar-refractivity contribution >= 4 is 23.2 Å². The quantitative estimate of drug-likeness (QED) is 0.839. The Balaban J connectivity index is 2.79. The van der Waals surface area contributed by atoms with Crippen molar-refractivity contribution in [2.24, 2.45) is 11.5 Å². The highest BCUT2D eigenvalue weighted by atomic mass is 35.5. The molecule has 0 unspecified atom stereocenters. The zero-order chi connectivity index (χ0) is 10.6. The van der Waals surface area contributed by atoms with E-state index in [4.69, 9.17) is 34.7 Å². The van der Waals surface area contributed by atoms with Crippen LogP contribution in [0.3, 0.4) is 0 Å². The van der Waals surface area contributed by atoms with Gasteiger partial charge >= 0.3 is 0 Å². The fourth-order valence-electron chi connectivity index (χ4n) is 1.30. The van der Waals surface area contributed by atoms with Gasteiger partial charge in [-0.15, -0.1) is 0 Å². The lowest BCUT2D eigenvalue weighted by atomic mass is 10.0. The number of benzene rings is 1. The van der Waals surface area contributed by atoms with Crippen molar-refractivity contribution < 1.29 is 0 Å². The van der Waals surface area contributed by atoms with Crippen LogP contribution in [-0.4, -0.2) is 6.54 Å². The van der Waals surface area contributed by atoms with E-state index < -0.39 is 0 Å². The van der Waals surface area contributed by atoms with Crippen LogP contribution in [-0.2, 0) is 0 Å². The van der Waals surface area contributed by atoms with Gasteiger partial charge in [-0.2, -0.15) is 0 Å². The molecule has 0 aliphatic carbocycles. The molecular formula is C10H14Cl2N2. The van der Waals surface area contributed by atoms with Crippen molar-refractivity contribution in [2.45, 2.75) is 18.9 Å². The fourth-order valence-corrected chi connectivity index (χ4v) is 1.75. The highest BCUT2D eigenvalue weighted by Crippen LogP contribution is 2.30. The standard InChI is InChI=1S/C10H14Cl2N2/c11-8-4-1-3-7(10(8)12)9(14)5-2-6-13/h1,3-4,9H,2,5-6,13-14H2/t9-/m1/s1. The van der Waals surface area contributed by atoms with Gasteiger partial charge in [0, 0.05) is 6.04 Å². The average molecular weight is 233 g/mol. The SMILES string of the molecule is NCCC[C@@H](N)c1cccc(Cl)c1Cl. The van der Waals surface area contributed by atoms with Gasteiger partial charge in [-0.05, 0) is 31.0 Å². The fraction of sp³-hybridized carbons (Fsp3) is 0.400. The Morgan fingerprint density at radius 1 is 1.29 bits per heavy atom. The van der Waals surface area contributed by atoms with Gasteiger partial charge in [-0.1, -0.05) is 35.3 Å². The second-order valence-corrected chi connectivity index (χ2v) is 3.97. The molecule has 1 rings (SSSR count). The van der Waals surface area contributed by atoms with Gasteiger partial charge < -0.3 is 11.5 Å². The first kappa shape index (κ1) is 11.8. The zero-order valence-corrected chi connectivity index (χ0v) is 9.35. The van der Waals surface area contributed by atoms with Crippen molar-refractivity contribution in [3.63, 3.8) is 0 Å². The molecule has 1 aromatic rings. The van der Waals surface area contributed by atoms with Crippen LogP contribution < -0.4 is 11.5 Å². The van der Waals surface area contributed by atoms with E-state index in [2.05, 4.69) is 0 Å². The molecule has 2 nitrogen and oxygen atoms in total. The molecule has 0 aliphatic rings. The highest BCUT2D eigenvalue weighted by molar-refractivity contribution is 6.42. The van der Waals surface area contributed by atoms with Crippen molar-refractivity contribution in [1.29, 1.82) is 0 Å². The first-order valence-electron chi connectivity index (χ1n) is 4.56. The van der Waals surface area contributed by atoms with Crippen LogP contribution in [0.15, 0.2) is 18.2 Å². The van der Waals surface area contributed by atoms with Gasteiger partial charge in [0.2, 0.25) is 0 Å². The maximum absolute atomic E-state index is 6.02. The van der Waals surface area contributed by atoms with Gasteiger partial charge in [0.05, 0.1) is 10.0 Å². The van der Waals surface area contributed by atoms with Crippen molar-refractivity contribution in [1.82, 2.24) is 0 Å². The van der Waals surface area contributed by atoms with Crippen LogP contribution in [0.5, 0.6) is 0 Å². The second-order valence-electron chi connectivity index (χ2n) is 3.18. The maximum atomic E-state index is 6.02. The molecule has 0 spiro atoms. The summed E-state index contributed by atoms with van der Waals surface area (Å²) in [5.74, 6) is 0. The third-order valence-electron chi connectivity index (χ3n) is 2.10. The number of hydrogen-bond acceptors (Lipinski definition) is 2. The van der Waals surface area contributed by atoms with Crippen LogP contribution in [0.25, 0.3) is 0 Å². The van der Waals surface area contributed by atoms with Gasteiger partial charge in [0.1, 0.15) is 0 Å². The van der Waals surface area contributed by atoms with Crippen LogP contribution in [0, 0.1) is 0 Å². The molecule has 1 atom stereocenters. The third-order valence-corrected chi connectivity index (χ3v) is 2.93. The van der Waals surface area contributed by atoms with Gasteiger partial charge in [0.15, 0.2) is 0 Å². The summed E-state index contributed by atoms with van der Waals surface area (Å²) in [5, 5.41) is 1.10. The lowest BCUT2D eigenvalue weighted by molar-refractivity contribution is 0.618. The average Bonchev–Trinajstić information content (AvgIpc) is 2.18. The molecular weight excluding hydrogens is 219 g/mol. The summed E-state index contributed by atoms with van der Waals surface area (Å²) in [4.78, 5) is 0. The molecule has 0 radical (unpaired) electrons. The molecule has 4 N–H and O–H groups in total. The largest absolute Gasteiger partial charge is 0.330 e. The minimum atomic E-state index is -0.0789. The number of halogens is 2. The monoisotopic (exact) mass is 232 g/mol.